The Morgan fingerprint density at radius 1 is 1.57 bits per heavy atom. The Morgan fingerprint density at radius 2 is 2.29 bits per heavy atom. The van der Waals surface area contributed by atoms with Crippen LogP contribution in [-0.2, 0) is 14.3 Å². The molecule has 80 valence electrons. The minimum Gasteiger partial charge on any atom is -0.462 e. The van der Waals surface area contributed by atoms with E-state index < -0.39 is 11.9 Å². The molecule has 1 atom stereocenters. The van der Waals surface area contributed by atoms with Crippen LogP contribution in [0.15, 0.2) is 0 Å². The molecular formula is C9H15NO3S. The molecular weight excluding hydrogens is 202 g/mol. The number of rotatable bonds is 2. The van der Waals surface area contributed by atoms with Crippen LogP contribution in [0.5, 0.6) is 0 Å². The molecule has 1 saturated heterocycles. The van der Waals surface area contributed by atoms with Gasteiger partial charge >= 0.3 is 11.9 Å². The van der Waals surface area contributed by atoms with Crippen LogP contribution in [0.1, 0.15) is 19.8 Å². The molecule has 5 heteroatoms. The van der Waals surface area contributed by atoms with Gasteiger partial charge in [-0.05, 0) is 25.5 Å². The fourth-order valence-corrected chi connectivity index (χ4v) is 2.65. The molecule has 0 aromatic carbocycles. The third kappa shape index (κ3) is 2.90. The van der Waals surface area contributed by atoms with Gasteiger partial charge < -0.3 is 10.1 Å². The van der Waals surface area contributed by atoms with E-state index in [4.69, 9.17) is 0 Å². The minimum absolute atomic E-state index is 0.0870. The number of ether oxygens (including phenoxy) is 1. The maximum Gasteiger partial charge on any atom is 0.396 e. The number of hydrogen-bond donors (Lipinski definition) is 1. The summed E-state index contributed by atoms with van der Waals surface area (Å²) in [5.74, 6) is -0.345. The molecule has 0 aromatic rings. The third-order valence-corrected chi connectivity index (χ3v) is 3.83. The lowest BCUT2D eigenvalue weighted by molar-refractivity contribution is -0.152. The number of thioether (sulfide) groups is 1. The molecule has 0 spiro atoms. The van der Waals surface area contributed by atoms with Crippen molar-refractivity contribution in [3.8, 4) is 0 Å². The van der Waals surface area contributed by atoms with Gasteiger partial charge in [0.25, 0.3) is 0 Å². The molecule has 1 N–H and O–H groups in total. The third-order valence-electron chi connectivity index (χ3n) is 2.29. The van der Waals surface area contributed by atoms with Crippen LogP contribution >= 0.6 is 11.8 Å². The summed E-state index contributed by atoms with van der Waals surface area (Å²) in [6.45, 7) is 2.63. The number of carbonyl (C=O) groups is 2. The average Bonchev–Trinajstić information content (AvgIpc) is 2.61. The van der Waals surface area contributed by atoms with Crippen LogP contribution in [-0.4, -0.2) is 36.0 Å². The van der Waals surface area contributed by atoms with Gasteiger partial charge in [-0.25, -0.2) is 4.79 Å². The van der Waals surface area contributed by atoms with Gasteiger partial charge in [-0.15, -0.1) is 0 Å². The van der Waals surface area contributed by atoms with Gasteiger partial charge in [0.2, 0.25) is 0 Å². The van der Waals surface area contributed by atoms with Crippen molar-refractivity contribution >= 4 is 23.6 Å². The van der Waals surface area contributed by atoms with E-state index in [1.807, 2.05) is 11.8 Å². The summed E-state index contributed by atoms with van der Waals surface area (Å²) < 4.78 is 4.39. The average molecular weight is 217 g/mol. The highest BCUT2D eigenvalue weighted by molar-refractivity contribution is 8.00. The van der Waals surface area contributed by atoms with Gasteiger partial charge in [0.05, 0.1) is 7.11 Å². The Bertz CT molecular complexity index is 236. The smallest absolute Gasteiger partial charge is 0.396 e. The fraction of sp³-hybridized carbons (Fsp3) is 0.778. The number of methoxy groups -OCH3 is 1. The van der Waals surface area contributed by atoms with Crippen molar-refractivity contribution in [2.45, 2.75) is 24.5 Å². The molecule has 1 unspecified atom stereocenters. The topological polar surface area (TPSA) is 55.4 Å². The summed E-state index contributed by atoms with van der Waals surface area (Å²) in [5.41, 5.74) is 0. The summed E-state index contributed by atoms with van der Waals surface area (Å²) in [6, 6.07) is 0. The maximum absolute atomic E-state index is 11.1. The first-order valence-electron chi connectivity index (χ1n) is 4.57. The largest absolute Gasteiger partial charge is 0.462 e. The molecule has 1 amide bonds. The summed E-state index contributed by atoms with van der Waals surface area (Å²) >= 11 is 1.84. The number of amides is 1. The molecule has 1 fully saturated rings. The van der Waals surface area contributed by atoms with Crippen molar-refractivity contribution in [2.24, 2.45) is 0 Å². The van der Waals surface area contributed by atoms with Gasteiger partial charge in [-0.1, -0.05) is 0 Å². The van der Waals surface area contributed by atoms with E-state index in [-0.39, 0.29) is 4.75 Å². The normalized spacial score (nSPS) is 25.9. The van der Waals surface area contributed by atoms with E-state index in [0.717, 1.165) is 12.2 Å². The van der Waals surface area contributed by atoms with Crippen molar-refractivity contribution in [3.05, 3.63) is 0 Å². The number of nitrogens with one attached hydrogen (secondary N) is 1. The SMILES string of the molecule is COC(=O)C(=O)NCC1(C)CCCS1. The van der Waals surface area contributed by atoms with Gasteiger partial charge in [-0.2, -0.15) is 11.8 Å². The number of carbonyl (C=O) groups excluding carboxylic acids is 2. The highest BCUT2D eigenvalue weighted by Crippen LogP contribution is 2.36. The van der Waals surface area contributed by atoms with E-state index in [1.54, 1.807) is 0 Å². The molecule has 0 bridgehead atoms. The lowest BCUT2D eigenvalue weighted by Gasteiger charge is -2.22. The van der Waals surface area contributed by atoms with Crippen molar-refractivity contribution in [2.75, 3.05) is 19.4 Å². The van der Waals surface area contributed by atoms with Crippen molar-refractivity contribution in [1.29, 1.82) is 0 Å². The highest BCUT2D eigenvalue weighted by Gasteiger charge is 2.30. The Morgan fingerprint density at radius 3 is 2.79 bits per heavy atom. The predicted octanol–water partition coefficient (Wildman–Crippen LogP) is 0.561. The number of esters is 1. The van der Waals surface area contributed by atoms with Crippen LogP contribution in [0.2, 0.25) is 0 Å². The van der Waals surface area contributed by atoms with E-state index >= 15 is 0 Å². The molecule has 0 aromatic heterocycles. The molecule has 14 heavy (non-hydrogen) atoms. The Kier molecular flexibility index (Phi) is 3.80. The first-order chi connectivity index (χ1) is 6.57. The lowest BCUT2D eigenvalue weighted by Crippen LogP contribution is -2.40. The van der Waals surface area contributed by atoms with Crippen LogP contribution in [0.3, 0.4) is 0 Å². The summed E-state index contributed by atoms with van der Waals surface area (Å²) in [6.07, 6.45) is 2.26. The van der Waals surface area contributed by atoms with E-state index in [0.29, 0.717) is 6.54 Å². The van der Waals surface area contributed by atoms with Gasteiger partial charge in [0.1, 0.15) is 0 Å². The summed E-state index contributed by atoms with van der Waals surface area (Å²) in [7, 11) is 1.20. The zero-order chi connectivity index (χ0) is 10.6. The zero-order valence-electron chi connectivity index (χ0n) is 8.46. The van der Waals surface area contributed by atoms with E-state index in [1.165, 1.54) is 13.5 Å². The quantitative estimate of drug-likeness (QED) is 0.542. The molecule has 1 aliphatic rings. The molecule has 4 nitrogen and oxygen atoms in total. The number of hydrogen-bond acceptors (Lipinski definition) is 4. The van der Waals surface area contributed by atoms with Crippen LogP contribution in [0.25, 0.3) is 0 Å². The van der Waals surface area contributed by atoms with E-state index in [2.05, 4.69) is 17.0 Å². The molecule has 0 saturated carbocycles. The standard InChI is InChI=1S/C9H15NO3S/c1-9(4-3-5-14-9)6-10-7(11)8(12)13-2/h3-6H2,1-2H3,(H,10,11). The summed E-state index contributed by atoms with van der Waals surface area (Å²) in [4.78, 5) is 21.9. The van der Waals surface area contributed by atoms with E-state index in [9.17, 15) is 9.59 Å². The van der Waals surface area contributed by atoms with Crippen LogP contribution < -0.4 is 5.32 Å². The predicted molar refractivity (Wildman–Crippen MR) is 55.1 cm³/mol. The molecule has 0 aliphatic carbocycles. The second kappa shape index (κ2) is 4.68. The van der Waals surface area contributed by atoms with Crippen molar-refractivity contribution < 1.29 is 14.3 Å². The highest BCUT2D eigenvalue weighted by atomic mass is 32.2. The second-order valence-electron chi connectivity index (χ2n) is 3.58. The minimum atomic E-state index is -0.823. The molecule has 1 heterocycles. The Hall–Kier alpha value is -0.710. The van der Waals surface area contributed by atoms with Gasteiger partial charge in [0, 0.05) is 11.3 Å². The first kappa shape index (κ1) is 11.4. The van der Waals surface area contributed by atoms with Gasteiger partial charge in [0.15, 0.2) is 0 Å². The second-order valence-corrected chi connectivity index (χ2v) is 5.26. The lowest BCUT2D eigenvalue weighted by atomic mass is 10.1. The monoisotopic (exact) mass is 217 g/mol. The zero-order valence-corrected chi connectivity index (χ0v) is 9.28. The first-order valence-corrected chi connectivity index (χ1v) is 5.56. The summed E-state index contributed by atoms with van der Waals surface area (Å²) in [5, 5.41) is 2.58. The fourth-order valence-electron chi connectivity index (χ4n) is 1.41. The maximum atomic E-state index is 11.1. The molecule has 0 radical (unpaired) electrons. The van der Waals surface area contributed by atoms with Crippen LogP contribution in [0, 0.1) is 0 Å². The van der Waals surface area contributed by atoms with Crippen molar-refractivity contribution in [3.63, 3.8) is 0 Å². The Labute approximate surface area is 87.8 Å². The molecule has 1 aliphatic heterocycles. The van der Waals surface area contributed by atoms with Gasteiger partial charge in [-0.3, -0.25) is 4.79 Å². The molecule has 1 rings (SSSR count). The Balaban J connectivity index is 2.32. The van der Waals surface area contributed by atoms with Crippen molar-refractivity contribution in [1.82, 2.24) is 5.32 Å². The van der Waals surface area contributed by atoms with Crippen LogP contribution in [0.4, 0.5) is 0 Å².